The number of pyridine rings is 1. The first-order valence-electron chi connectivity index (χ1n) is 5.21. The van der Waals surface area contributed by atoms with Crippen LogP contribution in [0.25, 0.3) is 0 Å². The number of aromatic nitrogens is 1. The molecule has 0 fully saturated rings. The number of rotatable bonds is 5. The Morgan fingerprint density at radius 3 is 2.67 bits per heavy atom. The smallest absolute Gasteiger partial charge is 0.396 e. The fourth-order valence-corrected chi connectivity index (χ4v) is 1.20. The average Bonchev–Trinajstić information content (AvgIpc) is 2.33. The highest BCUT2D eigenvalue weighted by Gasteiger charge is 2.32. The largest absolute Gasteiger partial charge is 0.433 e. The average molecular weight is 281 g/mol. The van der Waals surface area contributed by atoms with Crippen molar-refractivity contribution in [2.24, 2.45) is 5.16 Å². The van der Waals surface area contributed by atoms with Crippen LogP contribution in [0.15, 0.2) is 23.5 Å². The normalized spacial score (nSPS) is 12.6. The number of halogens is 4. The molecule has 0 aliphatic rings. The molecule has 1 aromatic heterocycles. The number of nitrogens with zero attached hydrogens (tertiary/aromatic N) is 2. The van der Waals surface area contributed by atoms with Gasteiger partial charge in [-0.3, -0.25) is 4.98 Å². The molecule has 0 aliphatic heterocycles. The van der Waals surface area contributed by atoms with Crippen molar-refractivity contribution in [1.29, 1.82) is 0 Å². The number of hydrogen-bond acceptors (Lipinski definition) is 3. The Hall–Kier alpha value is -1.30. The lowest BCUT2D eigenvalue weighted by atomic mass is 10.2. The second-order valence-electron chi connectivity index (χ2n) is 3.48. The molecule has 7 heteroatoms. The van der Waals surface area contributed by atoms with E-state index in [-0.39, 0.29) is 0 Å². The van der Waals surface area contributed by atoms with E-state index in [0.717, 1.165) is 12.3 Å². The van der Waals surface area contributed by atoms with Crippen molar-refractivity contribution in [3.8, 4) is 0 Å². The minimum absolute atomic E-state index is 0.370. The molecule has 0 aliphatic carbocycles. The van der Waals surface area contributed by atoms with Crippen molar-refractivity contribution in [3.63, 3.8) is 0 Å². The van der Waals surface area contributed by atoms with Gasteiger partial charge in [-0.25, -0.2) is 0 Å². The molecule has 0 bridgehead atoms. The maximum atomic E-state index is 12.3. The van der Waals surface area contributed by atoms with Gasteiger partial charge in [-0.1, -0.05) is 5.16 Å². The predicted molar refractivity (Wildman–Crippen MR) is 62.7 cm³/mol. The Balaban J connectivity index is 2.67. The van der Waals surface area contributed by atoms with E-state index in [1.165, 1.54) is 6.07 Å². The molecule has 100 valence electrons. The third-order valence-electron chi connectivity index (χ3n) is 2.04. The molecule has 0 spiro atoms. The van der Waals surface area contributed by atoms with Crippen LogP contribution in [0.3, 0.4) is 0 Å². The van der Waals surface area contributed by atoms with Gasteiger partial charge in [-0.2, -0.15) is 13.2 Å². The summed E-state index contributed by atoms with van der Waals surface area (Å²) in [5.74, 6) is 0.469. The lowest BCUT2D eigenvalue weighted by Crippen LogP contribution is -2.08. The van der Waals surface area contributed by atoms with E-state index in [9.17, 15) is 13.2 Å². The van der Waals surface area contributed by atoms with E-state index in [0.29, 0.717) is 30.2 Å². The van der Waals surface area contributed by atoms with Crippen LogP contribution in [0.5, 0.6) is 0 Å². The monoisotopic (exact) mass is 280 g/mol. The van der Waals surface area contributed by atoms with Crippen molar-refractivity contribution < 1.29 is 18.0 Å². The van der Waals surface area contributed by atoms with Crippen LogP contribution in [0, 0.1) is 0 Å². The van der Waals surface area contributed by atoms with Crippen LogP contribution >= 0.6 is 11.6 Å². The predicted octanol–water partition coefficient (Wildman–Crippen LogP) is 3.47. The zero-order chi connectivity index (χ0) is 13.6. The summed E-state index contributed by atoms with van der Waals surface area (Å²) in [6.07, 6.45) is -2.66. The van der Waals surface area contributed by atoms with E-state index in [1.807, 2.05) is 0 Å². The maximum absolute atomic E-state index is 12.3. The van der Waals surface area contributed by atoms with Crippen molar-refractivity contribution in [3.05, 3.63) is 29.6 Å². The number of oxime groups is 1. The molecule has 0 N–H and O–H groups in total. The van der Waals surface area contributed by atoms with Crippen LogP contribution < -0.4 is 0 Å². The number of alkyl halides is 4. The molecule has 1 aromatic rings. The van der Waals surface area contributed by atoms with E-state index in [4.69, 9.17) is 16.4 Å². The molecule has 0 radical (unpaired) electrons. The van der Waals surface area contributed by atoms with Gasteiger partial charge < -0.3 is 4.84 Å². The third kappa shape index (κ3) is 4.52. The summed E-state index contributed by atoms with van der Waals surface area (Å²) in [6, 6.07) is 2.21. The highest BCUT2D eigenvalue weighted by Crippen LogP contribution is 2.27. The fourth-order valence-electron chi connectivity index (χ4n) is 1.09. The molecule has 1 heterocycles. The van der Waals surface area contributed by atoms with Crippen LogP contribution in [0.4, 0.5) is 13.2 Å². The van der Waals surface area contributed by atoms with Gasteiger partial charge in [0.25, 0.3) is 0 Å². The van der Waals surface area contributed by atoms with Crippen molar-refractivity contribution in [1.82, 2.24) is 4.98 Å². The summed E-state index contributed by atoms with van der Waals surface area (Å²) in [7, 11) is 0. The Bertz CT molecular complexity index is 404. The van der Waals surface area contributed by atoms with Crippen LogP contribution in [-0.4, -0.2) is 23.2 Å². The molecule has 0 saturated heterocycles. The molecule has 3 nitrogen and oxygen atoms in total. The molecule has 0 aromatic carbocycles. The summed E-state index contributed by atoms with van der Waals surface area (Å²) in [6.45, 7) is 2.00. The minimum atomic E-state index is -4.43. The first kappa shape index (κ1) is 14.8. The second kappa shape index (κ2) is 6.58. The minimum Gasteiger partial charge on any atom is -0.396 e. The fraction of sp³-hybridized carbons (Fsp3) is 0.455. The van der Waals surface area contributed by atoms with E-state index in [1.54, 1.807) is 6.92 Å². The molecule has 0 unspecified atom stereocenters. The third-order valence-corrected chi connectivity index (χ3v) is 2.31. The Morgan fingerprint density at radius 2 is 2.17 bits per heavy atom. The Morgan fingerprint density at radius 1 is 1.44 bits per heavy atom. The number of hydrogen-bond donors (Lipinski definition) is 0. The lowest BCUT2D eigenvalue weighted by Gasteiger charge is -2.06. The zero-order valence-corrected chi connectivity index (χ0v) is 10.4. The zero-order valence-electron chi connectivity index (χ0n) is 9.67. The molecular formula is C11H12ClF3N2O. The molecule has 0 saturated carbocycles. The first-order valence-corrected chi connectivity index (χ1v) is 5.74. The highest BCUT2D eigenvalue weighted by molar-refractivity contribution is 6.17. The van der Waals surface area contributed by atoms with E-state index in [2.05, 4.69) is 10.1 Å². The standard InChI is InChI=1S/C11H12ClF3N2O/c1-8(17-18-6-2-5-12)9-3-4-10(16-7-9)11(13,14)15/h3-4,7H,2,5-6H2,1H3/b17-8+. The SMILES string of the molecule is C/C(=N\OCCCCl)c1ccc(C(F)(F)F)nc1. The Labute approximate surface area is 108 Å². The van der Waals surface area contributed by atoms with E-state index < -0.39 is 11.9 Å². The van der Waals surface area contributed by atoms with Crippen LogP contribution in [0.1, 0.15) is 24.6 Å². The molecule has 0 atom stereocenters. The van der Waals surface area contributed by atoms with Gasteiger partial charge >= 0.3 is 6.18 Å². The van der Waals surface area contributed by atoms with Crippen molar-refractivity contribution in [2.45, 2.75) is 19.5 Å². The first-order chi connectivity index (χ1) is 8.45. The van der Waals surface area contributed by atoms with Crippen molar-refractivity contribution in [2.75, 3.05) is 12.5 Å². The van der Waals surface area contributed by atoms with Gasteiger partial charge in [0.1, 0.15) is 12.3 Å². The highest BCUT2D eigenvalue weighted by atomic mass is 35.5. The topological polar surface area (TPSA) is 34.5 Å². The summed E-state index contributed by atoms with van der Waals surface area (Å²) in [5.41, 5.74) is 0.0155. The van der Waals surface area contributed by atoms with Gasteiger partial charge in [0.2, 0.25) is 0 Å². The molecular weight excluding hydrogens is 269 g/mol. The van der Waals surface area contributed by atoms with Crippen molar-refractivity contribution >= 4 is 17.3 Å². The maximum Gasteiger partial charge on any atom is 0.433 e. The lowest BCUT2D eigenvalue weighted by molar-refractivity contribution is -0.141. The summed E-state index contributed by atoms with van der Waals surface area (Å²) < 4.78 is 36.8. The molecule has 0 amide bonds. The molecule has 1 rings (SSSR count). The van der Waals surface area contributed by atoms with Crippen LogP contribution in [0.2, 0.25) is 0 Å². The van der Waals surface area contributed by atoms with Gasteiger partial charge in [-0.05, 0) is 25.5 Å². The summed E-state index contributed by atoms with van der Waals surface area (Å²) in [5, 5.41) is 3.76. The Kier molecular flexibility index (Phi) is 5.40. The summed E-state index contributed by atoms with van der Waals surface area (Å²) >= 11 is 5.45. The van der Waals surface area contributed by atoms with Gasteiger partial charge in [0.05, 0.1) is 5.71 Å². The second-order valence-corrected chi connectivity index (χ2v) is 3.86. The van der Waals surface area contributed by atoms with E-state index >= 15 is 0 Å². The van der Waals surface area contributed by atoms with Crippen LogP contribution in [-0.2, 0) is 11.0 Å². The summed E-state index contributed by atoms with van der Waals surface area (Å²) in [4.78, 5) is 8.27. The molecule has 18 heavy (non-hydrogen) atoms. The van der Waals surface area contributed by atoms with Gasteiger partial charge in [-0.15, -0.1) is 11.6 Å². The van der Waals surface area contributed by atoms with Gasteiger partial charge in [0, 0.05) is 17.6 Å². The van der Waals surface area contributed by atoms with Gasteiger partial charge in [0.15, 0.2) is 0 Å². The quantitative estimate of drug-likeness (QED) is 0.358.